The molecule has 1 aliphatic rings. The maximum atomic E-state index is 13.5. The predicted octanol–water partition coefficient (Wildman–Crippen LogP) is 5.30. The van der Waals surface area contributed by atoms with Gasteiger partial charge in [-0.3, -0.25) is 9.59 Å². The quantitative estimate of drug-likeness (QED) is 0.242. The van der Waals surface area contributed by atoms with E-state index in [1.165, 1.54) is 18.2 Å². The number of halogens is 3. The van der Waals surface area contributed by atoms with Gasteiger partial charge in [0.25, 0.3) is 0 Å². The number of carbonyl (C=O) groups excluding carboxylic acids is 2. The van der Waals surface area contributed by atoms with Gasteiger partial charge in [0.2, 0.25) is 11.8 Å². The molecule has 1 fully saturated rings. The fourth-order valence-corrected chi connectivity index (χ4v) is 4.77. The SMILES string of the molecule is CN(C)[C@@H]1CCN(CC(C(=O)Nc2ccc(C(F)(F)F)cc2)c2ccc(/C=C/C(=O)Nc3ccccc3N)cc2)C1. The highest BCUT2D eigenvalue weighted by Gasteiger charge is 2.31. The number of carbonyl (C=O) groups is 2. The number of para-hydroxylation sites is 2. The zero-order valence-corrected chi connectivity index (χ0v) is 23.0. The number of rotatable bonds is 9. The lowest BCUT2D eigenvalue weighted by Crippen LogP contribution is -2.36. The Bertz CT molecular complexity index is 1370. The molecule has 0 spiro atoms. The fourth-order valence-electron chi connectivity index (χ4n) is 4.77. The van der Waals surface area contributed by atoms with E-state index < -0.39 is 17.7 Å². The molecule has 0 saturated carbocycles. The maximum Gasteiger partial charge on any atom is 0.416 e. The van der Waals surface area contributed by atoms with Gasteiger partial charge in [-0.1, -0.05) is 36.4 Å². The molecule has 3 aromatic rings. The van der Waals surface area contributed by atoms with Crippen LogP contribution in [0.4, 0.5) is 30.2 Å². The Balaban J connectivity index is 1.48. The van der Waals surface area contributed by atoms with Gasteiger partial charge in [0.05, 0.1) is 22.9 Å². The molecule has 0 radical (unpaired) electrons. The summed E-state index contributed by atoms with van der Waals surface area (Å²) < 4.78 is 38.9. The Morgan fingerprint density at radius 1 is 1.02 bits per heavy atom. The zero-order chi connectivity index (χ0) is 29.6. The van der Waals surface area contributed by atoms with E-state index in [0.717, 1.165) is 42.8 Å². The molecule has 2 atom stereocenters. The molecular formula is C31H34F3N5O2. The van der Waals surface area contributed by atoms with Crippen molar-refractivity contribution in [3.63, 3.8) is 0 Å². The average Bonchev–Trinajstić information content (AvgIpc) is 3.41. The molecule has 4 N–H and O–H groups in total. The van der Waals surface area contributed by atoms with E-state index in [0.29, 0.717) is 29.6 Å². The molecule has 7 nitrogen and oxygen atoms in total. The summed E-state index contributed by atoms with van der Waals surface area (Å²) in [5, 5.41) is 5.53. The summed E-state index contributed by atoms with van der Waals surface area (Å²) in [7, 11) is 4.06. The summed E-state index contributed by atoms with van der Waals surface area (Å²) in [5.41, 5.74) is 7.92. The topological polar surface area (TPSA) is 90.7 Å². The van der Waals surface area contributed by atoms with E-state index in [-0.39, 0.29) is 11.8 Å². The van der Waals surface area contributed by atoms with Crippen LogP contribution in [0.5, 0.6) is 0 Å². The largest absolute Gasteiger partial charge is 0.416 e. The van der Waals surface area contributed by atoms with Crippen LogP contribution >= 0.6 is 0 Å². The molecule has 1 heterocycles. The number of likely N-dealkylation sites (N-methyl/N-ethyl adjacent to an activating group) is 1. The van der Waals surface area contributed by atoms with Crippen LogP contribution in [0.25, 0.3) is 6.08 Å². The second-order valence-corrected chi connectivity index (χ2v) is 10.4. The van der Waals surface area contributed by atoms with Crippen LogP contribution in [0.15, 0.2) is 78.9 Å². The van der Waals surface area contributed by atoms with Crippen LogP contribution in [-0.2, 0) is 15.8 Å². The highest BCUT2D eigenvalue weighted by Crippen LogP contribution is 2.30. The third kappa shape index (κ3) is 8.18. The second kappa shape index (κ2) is 13.0. The number of anilines is 3. The number of hydrogen-bond acceptors (Lipinski definition) is 5. The van der Waals surface area contributed by atoms with Gasteiger partial charge in [0.15, 0.2) is 0 Å². The molecule has 0 aromatic heterocycles. The van der Waals surface area contributed by atoms with Crippen molar-refractivity contribution in [1.82, 2.24) is 9.80 Å². The molecule has 4 rings (SSSR count). The molecule has 1 aliphatic heterocycles. The molecule has 3 aromatic carbocycles. The highest BCUT2D eigenvalue weighted by atomic mass is 19.4. The lowest BCUT2D eigenvalue weighted by atomic mass is 9.96. The van der Waals surface area contributed by atoms with Gasteiger partial charge in [-0.05, 0) is 80.7 Å². The standard InChI is InChI=1S/C31H34F3N5O2/c1-38(2)25-17-18-39(19-25)20-26(30(41)36-24-14-12-23(13-15-24)31(32,33)34)22-10-7-21(8-11-22)9-16-29(40)37-28-6-4-3-5-27(28)35/h3-16,25-26H,17-20,35H2,1-2H3,(H,36,41)(H,37,40)/b16-9+/t25-,26?/m1/s1. The number of hydrogen-bond donors (Lipinski definition) is 3. The number of alkyl halides is 3. The zero-order valence-electron chi connectivity index (χ0n) is 23.0. The minimum Gasteiger partial charge on any atom is -0.397 e. The van der Waals surface area contributed by atoms with Crippen LogP contribution < -0.4 is 16.4 Å². The van der Waals surface area contributed by atoms with Crippen LogP contribution in [0.3, 0.4) is 0 Å². The van der Waals surface area contributed by atoms with Gasteiger partial charge in [0, 0.05) is 30.9 Å². The number of nitrogens with one attached hydrogen (secondary N) is 2. The lowest BCUT2D eigenvalue weighted by Gasteiger charge is -2.25. The fraction of sp³-hybridized carbons (Fsp3) is 0.290. The molecule has 0 bridgehead atoms. The second-order valence-electron chi connectivity index (χ2n) is 10.4. The number of amides is 2. The Hall–Kier alpha value is -4.15. The van der Waals surface area contributed by atoms with E-state index >= 15 is 0 Å². The number of nitrogens with two attached hydrogens (primary N) is 1. The summed E-state index contributed by atoms with van der Waals surface area (Å²) in [4.78, 5) is 30.2. The molecule has 1 unspecified atom stereocenters. The average molecular weight is 566 g/mol. The molecular weight excluding hydrogens is 531 g/mol. The smallest absolute Gasteiger partial charge is 0.397 e. The minimum absolute atomic E-state index is 0.296. The van der Waals surface area contributed by atoms with Gasteiger partial charge < -0.3 is 26.2 Å². The first kappa shape index (κ1) is 29.8. The van der Waals surface area contributed by atoms with E-state index in [9.17, 15) is 22.8 Å². The first-order chi connectivity index (χ1) is 19.5. The van der Waals surface area contributed by atoms with Crippen molar-refractivity contribution in [1.29, 1.82) is 0 Å². The summed E-state index contributed by atoms with van der Waals surface area (Å²) in [6.07, 6.45) is -0.393. The van der Waals surface area contributed by atoms with Gasteiger partial charge in [-0.15, -0.1) is 0 Å². The Labute approximate surface area is 237 Å². The van der Waals surface area contributed by atoms with Crippen LogP contribution in [0.1, 0.15) is 29.0 Å². The summed E-state index contributed by atoms with van der Waals surface area (Å²) in [5.74, 6) is -1.19. The predicted molar refractivity (Wildman–Crippen MR) is 156 cm³/mol. The van der Waals surface area contributed by atoms with Crippen molar-refractivity contribution >= 4 is 35.0 Å². The summed E-state index contributed by atoms with van der Waals surface area (Å²) in [6, 6.07) is 19.1. The van der Waals surface area contributed by atoms with E-state index in [2.05, 4.69) is 20.4 Å². The highest BCUT2D eigenvalue weighted by molar-refractivity contribution is 6.03. The van der Waals surface area contributed by atoms with Gasteiger partial charge in [-0.25, -0.2) is 0 Å². The number of benzene rings is 3. The maximum absolute atomic E-state index is 13.5. The molecule has 0 aliphatic carbocycles. The Morgan fingerprint density at radius 3 is 2.32 bits per heavy atom. The molecule has 41 heavy (non-hydrogen) atoms. The summed E-state index contributed by atoms with van der Waals surface area (Å²) >= 11 is 0. The third-order valence-corrected chi connectivity index (χ3v) is 7.20. The van der Waals surface area contributed by atoms with Crippen LogP contribution in [0, 0.1) is 0 Å². The first-order valence-corrected chi connectivity index (χ1v) is 13.3. The lowest BCUT2D eigenvalue weighted by molar-refractivity contribution is -0.137. The van der Waals surface area contributed by atoms with Crippen molar-refractivity contribution < 1.29 is 22.8 Å². The Morgan fingerprint density at radius 2 is 1.71 bits per heavy atom. The third-order valence-electron chi connectivity index (χ3n) is 7.20. The molecule has 2 amide bonds. The number of likely N-dealkylation sites (tertiary alicyclic amines) is 1. The van der Waals surface area contributed by atoms with Crippen molar-refractivity contribution in [2.24, 2.45) is 0 Å². The first-order valence-electron chi connectivity index (χ1n) is 13.3. The van der Waals surface area contributed by atoms with Crippen molar-refractivity contribution in [2.75, 3.05) is 50.1 Å². The Kier molecular flexibility index (Phi) is 9.46. The van der Waals surface area contributed by atoms with Crippen molar-refractivity contribution in [2.45, 2.75) is 24.6 Å². The van der Waals surface area contributed by atoms with E-state index in [4.69, 9.17) is 5.73 Å². The molecule has 1 saturated heterocycles. The minimum atomic E-state index is -4.45. The van der Waals surface area contributed by atoms with E-state index in [1.807, 2.05) is 38.4 Å². The van der Waals surface area contributed by atoms with E-state index in [1.54, 1.807) is 30.3 Å². The van der Waals surface area contributed by atoms with Crippen molar-refractivity contribution in [3.8, 4) is 0 Å². The van der Waals surface area contributed by atoms with Crippen LogP contribution in [0.2, 0.25) is 0 Å². The van der Waals surface area contributed by atoms with Crippen LogP contribution in [-0.4, -0.2) is 61.4 Å². The molecule has 216 valence electrons. The van der Waals surface area contributed by atoms with Gasteiger partial charge in [-0.2, -0.15) is 13.2 Å². The van der Waals surface area contributed by atoms with Gasteiger partial charge in [0.1, 0.15) is 0 Å². The number of nitrogens with zero attached hydrogens (tertiary/aromatic N) is 2. The molecule has 10 heteroatoms. The van der Waals surface area contributed by atoms with Gasteiger partial charge >= 0.3 is 6.18 Å². The van der Waals surface area contributed by atoms with Crippen molar-refractivity contribution in [3.05, 3.63) is 95.6 Å². The number of nitrogen functional groups attached to an aromatic ring is 1. The summed E-state index contributed by atoms with van der Waals surface area (Å²) in [6.45, 7) is 2.13. The normalized spacial score (nSPS) is 16.7. The monoisotopic (exact) mass is 565 g/mol.